The Hall–Kier alpha value is -1.05. The minimum Gasteiger partial charge on any atom is -0.367 e. The number of rotatable bonds is 2. The zero-order valence-electron chi connectivity index (χ0n) is 8.79. The minimum atomic E-state index is 0.650. The quantitative estimate of drug-likeness (QED) is 0.775. The summed E-state index contributed by atoms with van der Waals surface area (Å²) in [4.78, 5) is 4.36. The van der Waals surface area contributed by atoms with E-state index in [9.17, 15) is 0 Å². The van der Waals surface area contributed by atoms with Gasteiger partial charge in [-0.05, 0) is 31.4 Å². The molecule has 1 saturated carbocycles. The molecular weight excluding hydrogens is 172 g/mol. The molecule has 1 heterocycles. The van der Waals surface area contributed by atoms with Crippen LogP contribution < -0.4 is 5.32 Å². The van der Waals surface area contributed by atoms with Crippen molar-refractivity contribution in [2.45, 2.75) is 45.1 Å². The lowest BCUT2D eigenvalue weighted by Gasteiger charge is -2.23. The molecule has 2 nitrogen and oxygen atoms in total. The Morgan fingerprint density at radius 2 is 2.07 bits per heavy atom. The molecule has 1 N–H and O–H groups in total. The summed E-state index contributed by atoms with van der Waals surface area (Å²) in [5.74, 6) is 1.07. The van der Waals surface area contributed by atoms with Crippen molar-refractivity contribution >= 4 is 5.82 Å². The summed E-state index contributed by atoms with van der Waals surface area (Å²) in [6, 6.07) is 4.75. The molecule has 0 saturated heterocycles. The highest BCUT2D eigenvalue weighted by Crippen LogP contribution is 2.21. The smallest absolute Gasteiger partial charge is 0.129 e. The highest BCUT2D eigenvalue weighted by Gasteiger charge is 2.13. The number of hydrogen-bond acceptors (Lipinski definition) is 2. The van der Waals surface area contributed by atoms with Crippen LogP contribution in [0.2, 0.25) is 0 Å². The molecule has 0 unspecified atom stereocenters. The third-order valence-corrected chi connectivity index (χ3v) is 2.96. The molecule has 76 valence electrons. The Morgan fingerprint density at radius 3 is 2.79 bits per heavy atom. The first kappa shape index (κ1) is 9.50. The number of aryl methyl sites for hydroxylation is 1. The van der Waals surface area contributed by atoms with E-state index >= 15 is 0 Å². The van der Waals surface area contributed by atoms with Crippen molar-refractivity contribution in [1.29, 1.82) is 0 Å². The number of anilines is 1. The first-order chi connectivity index (χ1) is 6.86. The van der Waals surface area contributed by atoms with Gasteiger partial charge in [0.1, 0.15) is 5.82 Å². The zero-order valence-corrected chi connectivity index (χ0v) is 8.79. The Balaban J connectivity index is 1.99. The van der Waals surface area contributed by atoms with Crippen molar-refractivity contribution in [1.82, 2.24) is 4.98 Å². The molecule has 0 amide bonds. The van der Waals surface area contributed by atoms with Crippen LogP contribution in [0, 0.1) is 6.92 Å². The van der Waals surface area contributed by atoms with Gasteiger partial charge in [-0.15, -0.1) is 0 Å². The van der Waals surface area contributed by atoms with Crippen LogP contribution in [-0.4, -0.2) is 11.0 Å². The molecular formula is C12H18N2. The van der Waals surface area contributed by atoms with Crippen molar-refractivity contribution in [3.8, 4) is 0 Å². The second-order valence-electron chi connectivity index (χ2n) is 4.15. The Kier molecular flexibility index (Phi) is 3.02. The fourth-order valence-corrected chi connectivity index (χ4v) is 2.08. The van der Waals surface area contributed by atoms with E-state index in [1.807, 2.05) is 12.3 Å². The van der Waals surface area contributed by atoms with E-state index in [0.29, 0.717) is 6.04 Å². The maximum Gasteiger partial charge on any atom is 0.129 e. The topological polar surface area (TPSA) is 24.9 Å². The summed E-state index contributed by atoms with van der Waals surface area (Å²) in [6.07, 6.45) is 8.59. The lowest BCUT2D eigenvalue weighted by molar-refractivity contribution is 0.461. The summed E-state index contributed by atoms with van der Waals surface area (Å²) < 4.78 is 0. The largest absolute Gasteiger partial charge is 0.367 e. The number of nitrogens with zero attached hydrogens (tertiary/aromatic N) is 1. The van der Waals surface area contributed by atoms with Gasteiger partial charge in [0.25, 0.3) is 0 Å². The maximum atomic E-state index is 4.36. The van der Waals surface area contributed by atoms with Gasteiger partial charge in [0.05, 0.1) is 0 Å². The van der Waals surface area contributed by atoms with E-state index in [1.54, 1.807) is 0 Å². The molecule has 0 radical (unpaired) electrons. The van der Waals surface area contributed by atoms with Crippen LogP contribution in [0.25, 0.3) is 0 Å². The second kappa shape index (κ2) is 4.45. The van der Waals surface area contributed by atoms with Crippen LogP contribution in [0.3, 0.4) is 0 Å². The van der Waals surface area contributed by atoms with E-state index in [2.05, 4.69) is 23.3 Å². The minimum absolute atomic E-state index is 0.650. The van der Waals surface area contributed by atoms with Crippen LogP contribution in [-0.2, 0) is 0 Å². The second-order valence-corrected chi connectivity index (χ2v) is 4.15. The summed E-state index contributed by atoms with van der Waals surface area (Å²) >= 11 is 0. The normalized spacial score (nSPS) is 18.1. The van der Waals surface area contributed by atoms with Crippen LogP contribution in [0.4, 0.5) is 5.82 Å². The average Bonchev–Trinajstić information content (AvgIpc) is 2.23. The fraction of sp³-hybridized carbons (Fsp3) is 0.583. The lowest BCUT2D eigenvalue weighted by Crippen LogP contribution is -2.23. The lowest BCUT2D eigenvalue weighted by atomic mass is 9.95. The van der Waals surface area contributed by atoms with E-state index in [0.717, 1.165) is 5.82 Å². The van der Waals surface area contributed by atoms with Gasteiger partial charge in [-0.25, -0.2) is 4.98 Å². The predicted molar refractivity (Wildman–Crippen MR) is 59.5 cm³/mol. The molecule has 2 rings (SSSR count). The zero-order chi connectivity index (χ0) is 9.80. The first-order valence-corrected chi connectivity index (χ1v) is 5.54. The SMILES string of the molecule is Cc1cccnc1NC1CCCCC1. The van der Waals surface area contributed by atoms with E-state index < -0.39 is 0 Å². The Labute approximate surface area is 85.7 Å². The van der Waals surface area contributed by atoms with Crippen LogP contribution in [0.1, 0.15) is 37.7 Å². The van der Waals surface area contributed by atoms with Gasteiger partial charge in [-0.1, -0.05) is 25.3 Å². The first-order valence-electron chi connectivity index (χ1n) is 5.54. The number of aromatic nitrogens is 1. The third-order valence-electron chi connectivity index (χ3n) is 2.96. The van der Waals surface area contributed by atoms with Crippen molar-refractivity contribution in [2.24, 2.45) is 0 Å². The maximum absolute atomic E-state index is 4.36. The van der Waals surface area contributed by atoms with Crippen molar-refractivity contribution in [3.05, 3.63) is 23.9 Å². The van der Waals surface area contributed by atoms with Gasteiger partial charge < -0.3 is 5.32 Å². The molecule has 1 aromatic heterocycles. The molecule has 2 heteroatoms. The molecule has 1 aliphatic rings. The summed E-state index contributed by atoms with van der Waals surface area (Å²) in [6.45, 7) is 2.11. The van der Waals surface area contributed by atoms with E-state index in [4.69, 9.17) is 0 Å². The van der Waals surface area contributed by atoms with Crippen LogP contribution >= 0.6 is 0 Å². The van der Waals surface area contributed by atoms with Gasteiger partial charge in [0.2, 0.25) is 0 Å². The van der Waals surface area contributed by atoms with E-state index in [-0.39, 0.29) is 0 Å². The summed E-state index contributed by atoms with van der Waals surface area (Å²) in [5, 5.41) is 3.54. The molecule has 1 aliphatic carbocycles. The van der Waals surface area contributed by atoms with Gasteiger partial charge in [0.15, 0.2) is 0 Å². The van der Waals surface area contributed by atoms with Gasteiger partial charge in [-0.3, -0.25) is 0 Å². The van der Waals surface area contributed by atoms with Crippen LogP contribution in [0.15, 0.2) is 18.3 Å². The average molecular weight is 190 g/mol. The number of pyridine rings is 1. The highest BCUT2D eigenvalue weighted by molar-refractivity contribution is 5.43. The van der Waals surface area contributed by atoms with Crippen molar-refractivity contribution < 1.29 is 0 Å². The predicted octanol–water partition coefficient (Wildman–Crippen LogP) is 3.13. The number of nitrogens with one attached hydrogen (secondary N) is 1. The summed E-state index contributed by atoms with van der Waals surface area (Å²) in [7, 11) is 0. The van der Waals surface area contributed by atoms with E-state index in [1.165, 1.54) is 37.7 Å². The monoisotopic (exact) mass is 190 g/mol. The molecule has 1 aromatic rings. The van der Waals surface area contributed by atoms with Gasteiger partial charge in [0, 0.05) is 12.2 Å². The standard InChI is InChI=1S/C12H18N2/c1-10-6-5-9-13-12(10)14-11-7-3-2-4-8-11/h5-6,9,11H,2-4,7-8H2,1H3,(H,13,14). The molecule has 0 aliphatic heterocycles. The molecule has 0 bridgehead atoms. The highest BCUT2D eigenvalue weighted by atomic mass is 15.0. The van der Waals surface area contributed by atoms with Crippen LogP contribution in [0.5, 0.6) is 0 Å². The Bertz CT molecular complexity index is 290. The molecule has 14 heavy (non-hydrogen) atoms. The molecule has 1 fully saturated rings. The van der Waals surface area contributed by atoms with Crippen molar-refractivity contribution in [2.75, 3.05) is 5.32 Å². The van der Waals surface area contributed by atoms with Gasteiger partial charge in [-0.2, -0.15) is 0 Å². The number of hydrogen-bond donors (Lipinski definition) is 1. The molecule has 0 spiro atoms. The molecule has 0 aromatic carbocycles. The summed E-state index contributed by atoms with van der Waals surface area (Å²) in [5.41, 5.74) is 1.25. The van der Waals surface area contributed by atoms with Gasteiger partial charge >= 0.3 is 0 Å². The third kappa shape index (κ3) is 2.25. The Morgan fingerprint density at radius 1 is 1.29 bits per heavy atom. The van der Waals surface area contributed by atoms with Crippen molar-refractivity contribution in [3.63, 3.8) is 0 Å². The molecule has 0 atom stereocenters. The fourth-order valence-electron chi connectivity index (χ4n) is 2.08.